The number of carbonyl (C=O) groups is 1. The maximum atomic E-state index is 12.4. The van der Waals surface area contributed by atoms with Gasteiger partial charge in [0.2, 0.25) is 0 Å². The Morgan fingerprint density at radius 1 is 1.22 bits per heavy atom. The maximum Gasteiger partial charge on any atom is 0.281 e. The number of fused-ring (bicyclic) bond motifs is 2. The van der Waals surface area contributed by atoms with Gasteiger partial charge >= 0.3 is 0 Å². The third kappa shape index (κ3) is 4.11. The van der Waals surface area contributed by atoms with Crippen molar-refractivity contribution in [3.63, 3.8) is 0 Å². The topological polar surface area (TPSA) is 126 Å². The van der Waals surface area contributed by atoms with Crippen molar-refractivity contribution in [2.75, 3.05) is 0 Å². The molecule has 0 fully saturated rings. The molecule has 0 bridgehead atoms. The minimum absolute atomic E-state index is 0.0191. The van der Waals surface area contributed by atoms with Gasteiger partial charge in [0, 0.05) is 22.2 Å². The summed E-state index contributed by atoms with van der Waals surface area (Å²) >= 11 is 2.58. The predicted molar refractivity (Wildman–Crippen MR) is 122 cm³/mol. The SMILES string of the molecule is O=C(NN=Cc1ccc(Sc2nc3ccccc3[nH]2)o1)c1cc2cc([N+](=O)[O-])ccc2s1. The zero-order chi connectivity index (χ0) is 22.1. The zero-order valence-electron chi connectivity index (χ0n) is 16.1. The molecular formula is C21H13N5O4S2. The molecule has 158 valence electrons. The fourth-order valence-electron chi connectivity index (χ4n) is 3.00. The Labute approximate surface area is 188 Å². The Kier molecular flexibility index (Phi) is 5.17. The summed E-state index contributed by atoms with van der Waals surface area (Å²) in [5.74, 6) is 0.0596. The van der Waals surface area contributed by atoms with Gasteiger partial charge in [0.25, 0.3) is 11.6 Å². The van der Waals surface area contributed by atoms with Crippen LogP contribution in [0.3, 0.4) is 0 Å². The summed E-state index contributed by atoms with van der Waals surface area (Å²) in [6, 6.07) is 17.4. The average Bonchev–Trinajstić information content (AvgIpc) is 3.50. The van der Waals surface area contributed by atoms with Crippen molar-refractivity contribution in [1.29, 1.82) is 0 Å². The van der Waals surface area contributed by atoms with Gasteiger partial charge in [0.1, 0.15) is 5.76 Å². The molecule has 5 rings (SSSR count). The van der Waals surface area contributed by atoms with Crippen molar-refractivity contribution in [1.82, 2.24) is 15.4 Å². The molecule has 32 heavy (non-hydrogen) atoms. The highest BCUT2D eigenvalue weighted by Gasteiger charge is 2.13. The number of non-ortho nitro benzene ring substituents is 1. The summed E-state index contributed by atoms with van der Waals surface area (Å²) in [6.45, 7) is 0. The number of hydrogen-bond donors (Lipinski definition) is 2. The van der Waals surface area contributed by atoms with E-state index in [1.54, 1.807) is 24.3 Å². The molecule has 0 spiro atoms. The second-order valence-electron chi connectivity index (χ2n) is 6.61. The number of thiophene rings is 1. The molecular weight excluding hydrogens is 450 g/mol. The highest BCUT2D eigenvalue weighted by molar-refractivity contribution is 7.99. The second kappa shape index (κ2) is 8.29. The second-order valence-corrected chi connectivity index (χ2v) is 8.68. The fraction of sp³-hybridized carbons (Fsp3) is 0. The number of imidazole rings is 1. The van der Waals surface area contributed by atoms with Gasteiger partial charge in [-0.3, -0.25) is 14.9 Å². The number of aromatic nitrogens is 2. The molecule has 1 amide bonds. The fourth-order valence-corrected chi connectivity index (χ4v) is 4.70. The third-order valence-electron chi connectivity index (χ3n) is 4.46. The van der Waals surface area contributed by atoms with Gasteiger partial charge in [-0.05, 0) is 48.2 Å². The van der Waals surface area contributed by atoms with Crippen LogP contribution in [-0.4, -0.2) is 27.0 Å². The molecule has 0 aliphatic carbocycles. The number of hydrazone groups is 1. The molecule has 9 nitrogen and oxygen atoms in total. The lowest BCUT2D eigenvalue weighted by atomic mass is 10.2. The van der Waals surface area contributed by atoms with Crippen LogP contribution in [0.1, 0.15) is 15.4 Å². The van der Waals surface area contributed by atoms with Gasteiger partial charge in [-0.15, -0.1) is 11.3 Å². The smallest absolute Gasteiger partial charge is 0.281 e. The van der Waals surface area contributed by atoms with Crippen LogP contribution in [0.25, 0.3) is 21.1 Å². The van der Waals surface area contributed by atoms with E-state index >= 15 is 0 Å². The van der Waals surface area contributed by atoms with E-state index in [1.165, 1.54) is 41.4 Å². The van der Waals surface area contributed by atoms with Crippen LogP contribution in [-0.2, 0) is 0 Å². The number of rotatable bonds is 6. The van der Waals surface area contributed by atoms with E-state index in [-0.39, 0.29) is 5.69 Å². The van der Waals surface area contributed by atoms with Crippen LogP contribution < -0.4 is 5.43 Å². The van der Waals surface area contributed by atoms with Gasteiger partial charge in [-0.1, -0.05) is 12.1 Å². The minimum atomic E-state index is -0.467. The molecule has 0 saturated carbocycles. The van der Waals surface area contributed by atoms with Crippen molar-refractivity contribution < 1.29 is 14.1 Å². The first kappa shape index (κ1) is 20.0. The lowest BCUT2D eigenvalue weighted by molar-refractivity contribution is -0.384. The number of carbonyl (C=O) groups excluding carboxylic acids is 1. The van der Waals surface area contributed by atoms with Gasteiger partial charge in [0.05, 0.1) is 27.0 Å². The van der Waals surface area contributed by atoms with Gasteiger partial charge in [-0.25, -0.2) is 10.4 Å². The Bertz CT molecular complexity index is 1470. The Morgan fingerprint density at radius 2 is 2.09 bits per heavy atom. The van der Waals surface area contributed by atoms with E-state index in [4.69, 9.17) is 4.42 Å². The van der Waals surface area contributed by atoms with Crippen LogP contribution in [0.15, 0.2) is 80.4 Å². The lowest BCUT2D eigenvalue weighted by Crippen LogP contribution is -2.15. The quantitative estimate of drug-likeness (QED) is 0.203. The third-order valence-corrected chi connectivity index (χ3v) is 6.38. The van der Waals surface area contributed by atoms with Crippen molar-refractivity contribution in [3.05, 3.63) is 81.4 Å². The Morgan fingerprint density at radius 3 is 2.94 bits per heavy atom. The average molecular weight is 464 g/mol. The van der Waals surface area contributed by atoms with Crippen molar-refractivity contribution >= 4 is 62.0 Å². The van der Waals surface area contributed by atoms with Crippen LogP contribution in [0.2, 0.25) is 0 Å². The van der Waals surface area contributed by atoms with E-state index in [9.17, 15) is 14.9 Å². The number of hydrogen-bond acceptors (Lipinski definition) is 8. The minimum Gasteiger partial charge on any atom is -0.448 e. The van der Waals surface area contributed by atoms with E-state index < -0.39 is 10.8 Å². The first-order chi connectivity index (χ1) is 15.5. The molecule has 0 saturated heterocycles. The largest absolute Gasteiger partial charge is 0.448 e. The number of aromatic amines is 1. The van der Waals surface area contributed by atoms with E-state index in [0.29, 0.717) is 26.3 Å². The van der Waals surface area contributed by atoms with Crippen LogP contribution in [0.4, 0.5) is 5.69 Å². The molecule has 2 aromatic carbocycles. The van der Waals surface area contributed by atoms with Gasteiger partial charge in [-0.2, -0.15) is 5.10 Å². The summed E-state index contributed by atoms with van der Waals surface area (Å²) in [6.07, 6.45) is 1.40. The molecule has 0 atom stereocenters. The number of nitrogens with one attached hydrogen (secondary N) is 2. The lowest BCUT2D eigenvalue weighted by Gasteiger charge is -1.94. The van der Waals surface area contributed by atoms with Crippen molar-refractivity contribution in [3.8, 4) is 0 Å². The molecule has 0 aliphatic heterocycles. The standard InChI is InChI=1S/C21H13N5O4S2/c27-20(18-10-12-9-13(26(28)29)5-7-17(12)31-18)25-22-11-14-6-8-19(30-14)32-21-23-15-3-1-2-4-16(15)24-21/h1-11H,(H,23,24)(H,25,27). The predicted octanol–water partition coefficient (Wildman–Crippen LogP) is 5.19. The number of para-hydroxylation sites is 2. The monoisotopic (exact) mass is 463 g/mol. The van der Waals surface area contributed by atoms with E-state index in [2.05, 4.69) is 20.5 Å². The van der Waals surface area contributed by atoms with E-state index in [1.807, 2.05) is 24.3 Å². The molecule has 2 N–H and O–H groups in total. The molecule has 0 aliphatic rings. The zero-order valence-corrected chi connectivity index (χ0v) is 17.8. The molecule has 0 radical (unpaired) electrons. The first-order valence-corrected chi connectivity index (χ1v) is 10.9. The van der Waals surface area contributed by atoms with Crippen LogP contribution >= 0.6 is 23.1 Å². The summed E-state index contributed by atoms with van der Waals surface area (Å²) in [4.78, 5) is 30.9. The number of H-pyrrole nitrogens is 1. The Hall–Kier alpha value is -3.96. The van der Waals surface area contributed by atoms with Crippen molar-refractivity contribution in [2.24, 2.45) is 5.10 Å². The maximum absolute atomic E-state index is 12.4. The van der Waals surface area contributed by atoms with Gasteiger partial charge < -0.3 is 9.40 Å². The molecule has 11 heteroatoms. The number of nitro benzene ring substituents is 1. The molecule has 3 aromatic heterocycles. The number of nitrogens with zero attached hydrogens (tertiary/aromatic N) is 3. The molecule has 3 heterocycles. The van der Waals surface area contributed by atoms with Gasteiger partial charge in [0.15, 0.2) is 10.2 Å². The normalized spacial score (nSPS) is 11.5. The number of benzene rings is 2. The summed E-state index contributed by atoms with van der Waals surface area (Å²) in [5, 5.41) is 16.8. The van der Waals surface area contributed by atoms with Crippen LogP contribution in [0.5, 0.6) is 0 Å². The number of furan rings is 1. The molecule has 5 aromatic rings. The summed E-state index contributed by atoms with van der Waals surface area (Å²) in [5.41, 5.74) is 4.25. The number of amides is 1. The number of nitro groups is 1. The van der Waals surface area contributed by atoms with Crippen LogP contribution in [0, 0.1) is 10.1 Å². The van der Waals surface area contributed by atoms with E-state index in [0.717, 1.165) is 15.7 Å². The Balaban J connectivity index is 1.23. The first-order valence-electron chi connectivity index (χ1n) is 9.29. The van der Waals surface area contributed by atoms with Crippen molar-refractivity contribution in [2.45, 2.75) is 10.2 Å². The molecule has 0 unspecified atom stereocenters. The summed E-state index contributed by atoms with van der Waals surface area (Å²) in [7, 11) is 0. The summed E-state index contributed by atoms with van der Waals surface area (Å²) < 4.78 is 6.48. The highest BCUT2D eigenvalue weighted by Crippen LogP contribution is 2.29. The highest BCUT2D eigenvalue weighted by atomic mass is 32.2.